The summed E-state index contributed by atoms with van der Waals surface area (Å²) < 4.78 is 0. The quantitative estimate of drug-likeness (QED) is 0.779. The van der Waals surface area contributed by atoms with Crippen molar-refractivity contribution in [1.29, 1.82) is 0 Å². The second kappa shape index (κ2) is 9.53. The smallest absolute Gasteiger partial charge is 0.251 e. The third-order valence-corrected chi connectivity index (χ3v) is 6.00. The van der Waals surface area contributed by atoms with Gasteiger partial charge < -0.3 is 10.2 Å². The zero-order valence-electron chi connectivity index (χ0n) is 17.3. The van der Waals surface area contributed by atoms with Gasteiger partial charge in [0, 0.05) is 31.2 Å². The lowest BCUT2D eigenvalue weighted by molar-refractivity contribution is -0.117. The predicted octanol–water partition coefficient (Wildman–Crippen LogP) is 3.71. The molecular formula is C24H31N3O2. The Bertz CT molecular complexity index is 832. The highest BCUT2D eigenvalue weighted by atomic mass is 16.7. The van der Waals surface area contributed by atoms with E-state index in [1.807, 2.05) is 23.3 Å². The van der Waals surface area contributed by atoms with Crippen molar-refractivity contribution in [2.75, 3.05) is 33.3 Å². The second-order valence-electron chi connectivity index (χ2n) is 8.15. The van der Waals surface area contributed by atoms with Crippen LogP contribution < -0.4 is 5.32 Å². The number of carbonyl (C=O) groups is 1. The van der Waals surface area contributed by atoms with Crippen LogP contribution in [0.25, 0.3) is 11.1 Å². The zero-order valence-corrected chi connectivity index (χ0v) is 17.3. The van der Waals surface area contributed by atoms with E-state index in [1.165, 1.54) is 24.9 Å². The summed E-state index contributed by atoms with van der Waals surface area (Å²) in [5.74, 6) is 0.00845. The SMILES string of the molecule is CN1CCC[C@H]1CCNC(=O)c1cccc(-c2cccc(CN3CCCO3)c2)c1. The van der Waals surface area contributed by atoms with Crippen LogP contribution in [-0.4, -0.2) is 55.2 Å². The van der Waals surface area contributed by atoms with Gasteiger partial charge in [-0.2, -0.15) is 5.06 Å². The molecule has 5 nitrogen and oxygen atoms in total. The summed E-state index contributed by atoms with van der Waals surface area (Å²) in [6.45, 7) is 4.49. The fourth-order valence-electron chi connectivity index (χ4n) is 4.32. The molecule has 0 aromatic heterocycles. The number of nitrogens with one attached hydrogen (secondary N) is 1. The molecule has 1 atom stereocenters. The molecule has 2 aliphatic rings. The van der Waals surface area contributed by atoms with Gasteiger partial charge in [-0.15, -0.1) is 0 Å². The monoisotopic (exact) mass is 393 g/mol. The van der Waals surface area contributed by atoms with Crippen molar-refractivity contribution >= 4 is 5.91 Å². The number of carbonyl (C=O) groups excluding carboxylic acids is 1. The first-order valence-electron chi connectivity index (χ1n) is 10.7. The van der Waals surface area contributed by atoms with Crippen molar-refractivity contribution in [1.82, 2.24) is 15.3 Å². The minimum absolute atomic E-state index is 0.00845. The lowest BCUT2D eigenvalue weighted by Gasteiger charge is -2.19. The topological polar surface area (TPSA) is 44.8 Å². The molecule has 0 spiro atoms. The van der Waals surface area contributed by atoms with E-state index in [-0.39, 0.29) is 5.91 Å². The lowest BCUT2D eigenvalue weighted by atomic mass is 10.0. The molecule has 2 fully saturated rings. The fraction of sp³-hybridized carbons (Fsp3) is 0.458. The van der Waals surface area contributed by atoms with Crippen LogP contribution >= 0.6 is 0 Å². The first-order chi connectivity index (χ1) is 14.2. The molecule has 2 heterocycles. The molecule has 2 aliphatic heterocycles. The van der Waals surface area contributed by atoms with Gasteiger partial charge in [-0.3, -0.25) is 9.63 Å². The number of nitrogens with zero attached hydrogens (tertiary/aromatic N) is 2. The Morgan fingerprint density at radius 3 is 2.69 bits per heavy atom. The van der Waals surface area contributed by atoms with Gasteiger partial charge in [0.05, 0.1) is 6.61 Å². The highest BCUT2D eigenvalue weighted by Crippen LogP contribution is 2.23. The largest absolute Gasteiger partial charge is 0.352 e. The molecule has 154 valence electrons. The molecule has 0 bridgehead atoms. The van der Waals surface area contributed by atoms with Crippen molar-refractivity contribution in [3.05, 3.63) is 59.7 Å². The highest BCUT2D eigenvalue weighted by molar-refractivity contribution is 5.95. The van der Waals surface area contributed by atoms with E-state index in [4.69, 9.17) is 4.84 Å². The number of hydrogen-bond donors (Lipinski definition) is 1. The molecular weight excluding hydrogens is 362 g/mol. The summed E-state index contributed by atoms with van der Waals surface area (Å²) in [4.78, 5) is 20.6. The lowest BCUT2D eigenvalue weighted by Crippen LogP contribution is -2.31. The Labute approximate surface area is 173 Å². The van der Waals surface area contributed by atoms with Gasteiger partial charge in [0.1, 0.15) is 0 Å². The fourth-order valence-corrected chi connectivity index (χ4v) is 4.32. The number of likely N-dealkylation sites (tertiary alicyclic amines) is 1. The molecule has 2 aromatic rings. The molecule has 0 unspecified atom stereocenters. The van der Waals surface area contributed by atoms with Crippen LogP contribution in [0.1, 0.15) is 41.6 Å². The molecule has 2 aromatic carbocycles. The molecule has 1 amide bonds. The maximum atomic E-state index is 12.6. The number of rotatable bonds is 7. The summed E-state index contributed by atoms with van der Waals surface area (Å²) in [7, 11) is 2.17. The number of hydrogen-bond acceptors (Lipinski definition) is 4. The van der Waals surface area contributed by atoms with Gasteiger partial charge in [0.2, 0.25) is 0 Å². The van der Waals surface area contributed by atoms with E-state index in [0.717, 1.165) is 55.8 Å². The first-order valence-corrected chi connectivity index (χ1v) is 10.7. The van der Waals surface area contributed by atoms with Crippen LogP contribution in [0.3, 0.4) is 0 Å². The van der Waals surface area contributed by atoms with E-state index >= 15 is 0 Å². The third kappa shape index (κ3) is 5.24. The average Bonchev–Trinajstić information content (AvgIpc) is 3.40. The molecule has 29 heavy (non-hydrogen) atoms. The molecule has 4 rings (SSSR count). The van der Waals surface area contributed by atoms with Crippen LogP contribution in [0.2, 0.25) is 0 Å². The van der Waals surface area contributed by atoms with Gasteiger partial charge in [-0.1, -0.05) is 30.3 Å². The van der Waals surface area contributed by atoms with Gasteiger partial charge in [-0.25, -0.2) is 0 Å². The van der Waals surface area contributed by atoms with Crippen LogP contribution in [0, 0.1) is 0 Å². The molecule has 0 radical (unpaired) electrons. The van der Waals surface area contributed by atoms with E-state index in [2.05, 4.69) is 47.6 Å². The molecule has 0 saturated carbocycles. The van der Waals surface area contributed by atoms with Gasteiger partial charge in [0.25, 0.3) is 5.91 Å². The van der Waals surface area contributed by atoms with Crippen molar-refractivity contribution < 1.29 is 9.63 Å². The van der Waals surface area contributed by atoms with E-state index in [0.29, 0.717) is 6.04 Å². The maximum absolute atomic E-state index is 12.6. The van der Waals surface area contributed by atoms with Crippen LogP contribution in [-0.2, 0) is 11.4 Å². The summed E-state index contributed by atoms with van der Waals surface area (Å²) in [5, 5.41) is 5.11. The minimum Gasteiger partial charge on any atom is -0.352 e. The van der Waals surface area contributed by atoms with Crippen LogP contribution in [0.5, 0.6) is 0 Å². The highest BCUT2D eigenvalue weighted by Gasteiger charge is 2.20. The van der Waals surface area contributed by atoms with Gasteiger partial charge in [0.15, 0.2) is 0 Å². The maximum Gasteiger partial charge on any atom is 0.251 e. The first kappa shape index (κ1) is 20.1. The van der Waals surface area contributed by atoms with Crippen molar-refractivity contribution in [2.24, 2.45) is 0 Å². The Morgan fingerprint density at radius 1 is 1.10 bits per heavy atom. The summed E-state index contributed by atoms with van der Waals surface area (Å²) in [5.41, 5.74) is 4.14. The summed E-state index contributed by atoms with van der Waals surface area (Å²) in [6, 6.07) is 17.0. The normalized spacial score (nSPS) is 20.2. The third-order valence-electron chi connectivity index (χ3n) is 6.00. The van der Waals surface area contributed by atoms with Crippen LogP contribution in [0.4, 0.5) is 0 Å². The standard InChI is InChI=1S/C24H31N3O2/c1-26-13-4-10-23(26)11-12-25-24(28)22-9-3-8-21(17-22)20-7-2-6-19(16-20)18-27-14-5-15-29-27/h2-3,6-9,16-17,23H,4-5,10-15,18H2,1H3,(H,25,28)/t23-/m0/s1. The Kier molecular flexibility index (Phi) is 6.60. The van der Waals surface area contributed by atoms with Gasteiger partial charge in [-0.05, 0) is 74.2 Å². The average molecular weight is 394 g/mol. The minimum atomic E-state index is 0.00845. The predicted molar refractivity (Wildman–Crippen MR) is 115 cm³/mol. The Balaban J connectivity index is 1.38. The zero-order chi connectivity index (χ0) is 20.1. The van der Waals surface area contributed by atoms with Crippen LogP contribution in [0.15, 0.2) is 48.5 Å². The summed E-state index contributed by atoms with van der Waals surface area (Å²) >= 11 is 0. The Morgan fingerprint density at radius 2 is 1.93 bits per heavy atom. The van der Waals surface area contributed by atoms with Crippen molar-refractivity contribution in [2.45, 2.75) is 38.3 Å². The number of amides is 1. The summed E-state index contributed by atoms with van der Waals surface area (Å²) in [6.07, 6.45) is 4.61. The van der Waals surface area contributed by atoms with E-state index in [1.54, 1.807) is 0 Å². The van der Waals surface area contributed by atoms with Crippen molar-refractivity contribution in [3.8, 4) is 11.1 Å². The second-order valence-corrected chi connectivity index (χ2v) is 8.15. The Hall–Kier alpha value is -2.21. The molecule has 0 aliphatic carbocycles. The number of hydroxylamine groups is 2. The number of benzene rings is 2. The van der Waals surface area contributed by atoms with Crippen molar-refractivity contribution in [3.63, 3.8) is 0 Å². The van der Waals surface area contributed by atoms with E-state index in [9.17, 15) is 4.79 Å². The van der Waals surface area contributed by atoms with Gasteiger partial charge >= 0.3 is 0 Å². The van der Waals surface area contributed by atoms with E-state index < -0.39 is 0 Å². The molecule has 5 heteroatoms. The molecule has 1 N–H and O–H groups in total. The molecule has 2 saturated heterocycles.